The van der Waals surface area contributed by atoms with Gasteiger partial charge in [-0.1, -0.05) is 11.3 Å². The van der Waals surface area contributed by atoms with Gasteiger partial charge in [-0.2, -0.15) is 10.2 Å². The molecule has 5 aromatic rings. The molecular formula is C33H38N12O3S. The van der Waals surface area contributed by atoms with Crippen LogP contribution in [0.4, 0.5) is 10.9 Å². The van der Waals surface area contributed by atoms with Crippen LogP contribution in [0.15, 0.2) is 43.0 Å². The lowest BCUT2D eigenvalue weighted by atomic mass is 9.85. The lowest BCUT2D eigenvalue weighted by Gasteiger charge is -2.35. The van der Waals surface area contributed by atoms with Crippen LogP contribution >= 0.6 is 11.3 Å². The second kappa shape index (κ2) is 12.5. The minimum absolute atomic E-state index is 0.0325. The first kappa shape index (κ1) is 31.3. The Morgan fingerprint density at radius 1 is 1.02 bits per heavy atom. The summed E-state index contributed by atoms with van der Waals surface area (Å²) in [5, 5.41) is 12.8. The fourth-order valence-corrected chi connectivity index (χ4v) is 7.89. The van der Waals surface area contributed by atoms with Crippen molar-refractivity contribution in [2.45, 2.75) is 32.8 Å². The number of nitrogens with one attached hydrogen (secondary N) is 1. The minimum Gasteiger partial charge on any atom is -0.475 e. The highest BCUT2D eigenvalue weighted by Crippen LogP contribution is 2.42. The number of ether oxygens (including phenoxy) is 1. The maximum Gasteiger partial charge on any atom is 0.236 e. The highest BCUT2D eigenvalue weighted by molar-refractivity contribution is 7.18. The van der Waals surface area contributed by atoms with E-state index in [1.165, 1.54) is 0 Å². The topological polar surface area (TPSA) is 154 Å². The predicted octanol–water partition coefficient (Wildman–Crippen LogP) is 2.84. The molecule has 0 aliphatic carbocycles. The molecule has 0 saturated carbocycles. The van der Waals surface area contributed by atoms with E-state index in [0.717, 1.165) is 53.6 Å². The van der Waals surface area contributed by atoms with Crippen molar-refractivity contribution in [2.75, 3.05) is 62.2 Å². The highest BCUT2D eigenvalue weighted by atomic mass is 32.1. The average molecular weight is 683 g/mol. The number of hydrogen-bond donors (Lipinski definition) is 1. The zero-order chi connectivity index (χ0) is 33.7. The number of likely N-dealkylation sites (tertiary alicyclic amines) is 1. The normalized spacial score (nSPS) is 20.1. The van der Waals surface area contributed by atoms with Crippen LogP contribution in [0, 0.1) is 5.41 Å². The van der Waals surface area contributed by atoms with Gasteiger partial charge >= 0.3 is 0 Å². The van der Waals surface area contributed by atoms with Gasteiger partial charge in [-0.05, 0) is 51.4 Å². The molecule has 8 rings (SSSR count). The summed E-state index contributed by atoms with van der Waals surface area (Å²) in [6.45, 7) is 8.83. The van der Waals surface area contributed by atoms with Crippen molar-refractivity contribution in [3.05, 3.63) is 43.0 Å². The first-order valence-corrected chi connectivity index (χ1v) is 17.4. The molecule has 3 aliphatic rings. The van der Waals surface area contributed by atoms with Crippen molar-refractivity contribution >= 4 is 45.1 Å². The average Bonchev–Trinajstić information content (AvgIpc) is 3.94. The third-order valence-corrected chi connectivity index (χ3v) is 10.6. The lowest BCUT2D eigenvalue weighted by molar-refractivity contribution is -0.133. The molecule has 3 aliphatic heterocycles. The number of carbonyl (C=O) groups excluding carboxylic acids is 2. The Hall–Kier alpha value is -4.96. The molecular weight excluding hydrogens is 645 g/mol. The molecule has 49 heavy (non-hydrogen) atoms. The number of pyridine rings is 2. The summed E-state index contributed by atoms with van der Waals surface area (Å²) < 4.78 is 7.36. The molecule has 254 valence electrons. The van der Waals surface area contributed by atoms with Gasteiger partial charge in [0.25, 0.3) is 0 Å². The molecule has 3 fully saturated rings. The summed E-state index contributed by atoms with van der Waals surface area (Å²) in [5.74, 6) is 2.02. The van der Waals surface area contributed by atoms with Crippen LogP contribution in [-0.2, 0) is 16.6 Å². The summed E-state index contributed by atoms with van der Waals surface area (Å²) in [6, 6.07) is 7.53. The predicted molar refractivity (Wildman–Crippen MR) is 184 cm³/mol. The molecule has 0 radical (unpaired) electrons. The fourth-order valence-electron chi connectivity index (χ4n) is 6.99. The van der Waals surface area contributed by atoms with Gasteiger partial charge in [0.2, 0.25) is 17.7 Å². The monoisotopic (exact) mass is 682 g/mol. The fraction of sp³-hybridized carbons (Fsp3) is 0.455. The molecule has 1 N–H and O–H groups in total. The standard InChI is InChI=1S/C33H38N12O3S/c1-21(2)48-26-7-4-22(16-34-26)28-29-23(38-39-28)5-6-25(37-29)45-11-9-33(31(45)47)8-10-42(19-33)18-27(46)43-12-14-44(15-13-43)32-35-17-24(49-32)30-36-20-41(3)40-30/h4-7,16-17,20-21H,8-15,18-19H2,1-3H3,(H,38,39)/t33-/m0/s1. The summed E-state index contributed by atoms with van der Waals surface area (Å²) in [6.07, 6.45) is 6.72. The van der Waals surface area contributed by atoms with Gasteiger partial charge in [0.05, 0.1) is 34.7 Å². The van der Waals surface area contributed by atoms with Gasteiger partial charge in [0, 0.05) is 64.1 Å². The Balaban J connectivity index is 0.878. The van der Waals surface area contributed by atoms with E-state index in [9.17, 15) is 9.59 Å². The van der Waals surface area contributed by atoms with Crippen molar-refractivity contribution in [3.8, 4) is 27.8 Å². The number of H-pyrrole nitrogens is 1. The van der Waals surface area contributed by atoms with Gasteiger partial charge in [-0.25, -0.2) is 19.9 Å². The second-order valence-electron chi connectivity index (χ2n) is 13.3. The van der Waals surface area contributed by atoms with Crippen molar-refractivity contribution in [3.63, 3.8) is 0 Å². The number of hydrogen-bond acceptors (Lipinski definition) is 12. The van der Waals surface area contributed by atoms with Crippen LogP contribution in [0.3, 0.4) is 0 Å². The van der Waals surface area contributed by atoms with E-state index in [0.29, 0.717) is 61.5 Å². The number of amides is 2. The van der Waals surface area contributed by atoms with E-state index < -0.39 is 5.41 Å². The molecule has 16 heteroatoms. The molecule has 0 bridgehead atoms. The zero-order valence-corrected chi connectivity index (χ0v) is 28.6. The summed E-state index contributed by atoms with van der Waals surface area (Å²) in [7, 11) is 1.84. The van der Waals surface area contributed by atoms with Crippen LogP contribution in [0.1, 0.15) is 26.7 Å². The van der Waals surface area contributed by atoms with Gasteiger partial charge in [-0.15, -0.1) is 0 Å². The number of aromatic amines is 1. The summed E-state index contributed by atoms with van der Waals surface area (Å²) in [5.41, 5.74) is 2.45. The SMILES string of the molecule is CC(C)Oc1ccc(-c2n[nH]c3ccc(N4CC[C@]5(CCN(CC(=O)N6CCN(c7ncc(-c8ncn(C)n8)s7)CC6)C5)C4=O)nc23)cn1. The van der Waals surface area contributed by atoms with Gasteiger partial charge in [0.15, 0.2) is 11.0 Å². The lowest BCUT2D eigenvalue weighted by Crippen LogP contribution is -2.51. The number of carbonyl (C=O) groups is 2. The molecule has 2 amide bonds. The maximum atomic E-state index is 14.0. The van der Waals surface area contributed by atoms with E-state index in [2.05, 4.69) is 40.0 Å². The van der Waals surface area contributed by atoms with Crippen molar-refractivity contribution < 1.29 is 14.3 Å². The third kappa shape index (κ3) is 5.99. The van der Waals surface area contributed by atoms with Crippen LogP contribution in [0.2, 0.25) is 0 Å². The molecule has 15 nitrogen and oxygen atoms in total. The number of aryl methyl sites for hydroxylation is 1. The number of nitrogens with zero attached hydrogens (tertiary/aromatic N) is 11. The second-order valence-corrected chi connectivity index (χ2v) is 14.3. The molecule has 0 unspecified atom stereocenters. The van der Waals surface area contributed by atoms with Crippen LogP contribution in [0.5, 0.6) is 5.88 Å². The Morgan fingerprint density at radius 2 is 1.86 bits per heavy atom. The molecule has 3 saturated heterocycles. The molecule has 0 aromatic carbocycles. The van der Waals surface area contributed by atoms with E-state index in [-0.39, 0.29) is 17.9 Å². The number of aromatic nitrogens is 8. The van der Waals surface area contributed by atoms with Crippen LogP contribution < -0.4 is 14.5 Å². The Morgan fingerprint density at radius 3 is 2.61 bits per heavy atom. The van der Waals surface area contributed by atoms with Gasteiger partial charge in [0.1, 0.15) is 23.4 Å². The number of piperazine rings is 1. The van der Waals surface area contributed by atoms with Crippen molar-refractivity contribution in [1.29, 1.82) is 0 Å². The Labute approximate surface area is 286 Å². The summed E-state index contributed by atoms with van der Waals surface area (Å²) >= 11 is 1.57. The highest BCUT2D eigenvalue weighted by Gasteiger charge is 2.51. The molecule has 1 atom stereocenters. The van der Waals surface area contributed by atoms with Crippen molar-refractivity contribution in [2.24, 2.45) is 12.5 Å². The Bertz CT molecular complexity index is 2000. The van der Waals surface area contributed by atoms with E-state index in [4.69, 9.17) is 9.72 Å². The number of fused-ring (bicyclic) bond motifs is 1. The smallest absolute Gasteiger partial charge is 0.236 e. The number of thiazole rings is 1. The number of anilines is 2. The molecule has 1 spiro atoms. The largest absolute Gasteiger partial charge is 0.475 e. The van der Waals surface area contributed by atoms with E-state index >= 15 is 0 Å². The van der Waals surface area contributed by atoms with Crippen molar-refractivity contribution in [1.82, 2.24) is 49.7 Å². The Kier molecular flexibility index (Phi) is 7.98. The third-order valence-electron chi connectivity index (χ3n) is 9.56. The zero-order valence-electron chi connectivity index (χ0n) is 27.7. The van der Waals surface area contributed by atoms with Crippen LogP contribution in [-0.4, -0.2) is 120 Å². The summed E-state index contributed by atoms with van der Waals surface area (Å²) in [4.78, 5) is 54.6. The van der Waals surface area contributed by atoms with E-state index in [1.807, 2.05) is 56.3 Å². The first-order chi connectivity index (χ1) is 23.7. The quantitative estimate of drug-likeness (QED) is 0.257. The first-order valence-electron chi connectivity index (χ1n) is 16.6. The van der Waals surface area contributed by atoms with Gasteiger partial charge < -0.3 is 14.5 Å². The molecule has 5 aromatic heterocycles. The van der Waals surface area contributed by atoms with Crippen LogP contribution in [0.25, 0.3) is 33.0 Å². The van der Waals surface area contributed by atoms with Gasteiger partial charge in [-0.3, -0.25) is 29.2 Å². The molecule has 8 heterocycles. The maximum absolute atomic E-state index is 14.0. The number of rotatable bonds is 8. The minimum atomic E-state index is -0.504. The van der Waals surface area contributed by atoms with E-state index in [1.54, 1.807) is 33.4 Å².